The van der Waals surface area contributed by atoms with Gasteiger partial charge in [-0.2, -0.15) is 5.26 Å². The summed E-state index contributed by atoms with van der Waals surface area (Å²) in [4.78, 5) is 15.0. The Hall–Kier alpha value is -2.64. The lowest BCUT2D eigenvalue weighted by Gasteiger charge is -2.33. The van der Waals surface area contributed by atoms with Gasteiger partial charge in [-0.15, -0.1) is 0 Å². The van der Waals surface area contributed by atoms with Crippen molar-refractivity contribution in [3.8, 4) is 17.2 Å². The van der Waals surface area contributed by atoms with Crippen molar-refractivity contribution in [1.82, 2.24) is 4.90 Å². The molecule has 0 aromatic heterocycles. The number of methoxy groups -OCH3 is 1. The Morgan fingerprint density at radius 3 is 2.93 bits per heavy atom. The van der Waals surface area contributed by atoms with Gasteiger partial charge in [0.05, 0.1) is 11.6 Å². The fraction of sp³-hybridized carbons (Fsp3) is 0.391. The zero-order valence-electron chi connectivity index (χ0n) is 15.9. The van der Waals surface area contributed by atoms with E-state index >= 15 is 0 Å². The van der Waals surface area contributed by atoms with Gasteiger partial charge >= 0.3 is 0 Å². The van der Waals surface area contributed by atoms with Crippen molar-refractivity contribution in [3.05, 3.63) is 59.7 Å². The highest BCUT2D eigenvalue weighted by Gasteiger charge is 2.24. The SMILES string of the molecule is COCCC[C@@H]1CCCN(C(=O)c2cccc(-c3ccccc3C#N)c2)C1. The van der Waals surface area contributed by atoms with E-state index < -0.39 is 0 Å². The minimum absolute atomic E-state index is 0.0859. The second kappa shape index (κ2) is 9.34. The average molecular weight is 362 g/mol. The van der Waals surface area contributed by atoms with Crippen LogP contribution in [0.1, 0.15) is 41.6 Å². The second-order valence-electron chi connectivity index (χ2n) is 7.13. The molecule has 0 saturated carbocycles. The summed E-state index contributed by atoms with van der Waals surface area (Å²) in [5, 5.41) is 9.35. The number of carbonyl (C=O) groups excluding carboxylic acids is 1. The highest BCUT2D eigenvalue weighted by atomic mass is 16.5. The highest BCUT2D eigenvalue weighted by molar-refractivity contribution is 5.95. The molecule has 1 heterocycles. The first-order chi connectivity index (χ1) is 13.2. The van der Waals surface area contributed by atoms with Gasteiger partial charge in [-0.05, 0) is 60.9 Å². The molecule has 0 spiro atoms. The van der Waals surface area contributed by atoms with Gasteiger partial charge in [0, 0.05) is 32.4 Å². The molecule has 1 saturated heterocycles. The summed E-state index contributed by atoms with van der Waals surface area (Å²) < 4.78 is 5.15. The van der Waals surface area contributed by atoms with Gasteiger partial charge in [0.25, 0.3) is 5.91 Å². The Balaban J connectivity index is 1.75. The predicted octanol–water partition coefficient (Wildman–Crippen LogP) is 4.50. The lowest BCUT2D eigenvalue weighted by molar-refractivity contribution is 0.0660. The molecule has 1 amide bonds. The maximum absolute atomic E-state index is 13.0. The Morgan fingerprint density at radius 2 is 2.11 bits per heavy atom. The number of likely N-dealkylation sites (tertiary alicyclic amines) is 1. The van der Waals surface area contributed by atoms with E-state index in [2.05, 4.69) is 6.07 Å². The predicted molar refractivity (Wildman–Crippen MR) is 106 cm³/mol. The zero-order valence-corrected chi connectivity index (χ0v) is 15.9. The van der Waals surface area contributed by atoms with Gasteiger partial charge in [0.15, 0.2) is 0 Å². The summed E-state index contributed by atoms with van der Waals surface area (Å²) in [6.45, 7) is 2.42. The number of ether oxygens (including phenoxy) is 1. The first-order valence-electron chi connectivity index (χ1n) is 9.60. The summed E-state index contributed by atoms with van der Waals surface area (Å²) in [7, 11) is 1.73. The smallest absolute Gasteiger partial charge is 0.253 e. The Morgan fingerprint density at radius 1 is 1.26 bits per heavy atom. The maximum atomic E-state index is 13.0. The molecule has 0 N–H and O–H groups in total. The Labute approximate surface area is 161 Å². The lowest BCUT2D eigenvalue weighted by atomic mass is 9.92. The van der Waals surface area contributed by atoms with Crippen LogP contribution in [-0.2, 0) is 4.74 Å². The number of nitrogens with zero attached hydrogens (tertiary/aromatic N) is 2. The number of rotatable bonds is 6. The normalized spacial score (nSPS) is 16.7. The van der Waals surface area contributed by atoms with Gasteiger partial charge in [0.2, 0.25) is 0 Å². The first kappa shape index (κ1) is 19.1. The van der Waals surface area contributed by atoms with Crippen molar-refractivity contribution in [2.75, 3.05) is 26.8 Å². The van der Waals surface area contributed by atoms with Gasteiger partial charge in [-0.3, -0.25) is 4.79 Å². The minimum Gasteiger partial charge on any atom is -0.385 e. The summed E-state index contributed by atoms with van der Waals surface area (Å²) in [6, 6.07) is 17.4. The van der Waals surface area contributed by atoms with Gasteiger partial charge < -0.3 is 9.64 Å². The van der Waals surface area contributed by atoms with Crippen LogP contribution in [0.3, 0.4) is 0 Å². The molecule has 1 atom stereocenters. The van der Waals surface area contributed by atoms with Crippen LogP contribution in [0.5, 0.6) is 0 Å². The van der Waals surface area contributed by atoms with Crippen LogP contribution in [-0.4, -0.2) is 37.6 Å². The van der Waals surface area contributed by atoms with Crippen LogP contribution in [0.2, 0.25) is 0 Å². The number of amides is 1. The second-order valence-corrected chi connectivity index (χ2v) is 7.13. The van der Waals surface area contributed by atoms with Crippen LogP contribution >= 0.6 is 0 Å². The third kappa shape index (κ3) is 4.75. The van der Waals surface area contributed by atoms with Crippen LogP contribution in [0, 0.1) is 17.2 Å². The van der Waals surface area contributed by atoms with Crippen molar-refractivity contribution in [1.29, 1.82) is 5.26 Å². The molecule has 0 unspecified atom stereocenters. The molecule has 27 heavy (non-hydrogen) atoms. The molecule has 1 aliphatic rings. The number of benzene rings is 2. The standard InChI is InChI=1S/C23H26N2O2/c1-27-14-6-8-18-7-5-13-25(17-18)23(26)20-11-4-10-19(15-20)22-12-3-2-9-21(22)16-24/h2-4,9-12,15,18H,5-8,13-14,17H2,1H3/t18-/m0/s1. The van der Waals surface area contributed by atoms with Crippen molar-refractivity contribution < 1.29 is 9.53 Å². The van der Waals surface area contributed by atoms with Crippen molar-refractivity contribution in [2.24, 2.45) is 5.92 Å². The number of hydrogen-bond acceptors (Lipinski definition) is 3. The number of carbonyl (C=O) groups is 1. The molecule has 1 fully saturated rings. The van der Waals surface area contributed by atoms with E-state index in [1.54, 1.807) is 13.2 Å². The van der Waals surface area contributed by atoms with Crippen molar-refractivity contribution in [3.63, 3.8) is 0 Å². The zero-order chi connectivity index (χ0) is 19.1. The summed E-state index contributed by atoms with van der Waals surface area (Å²) in [5.74, 6) is 0.642. The number of hydrogen-bond donors (Lipinski definition) is 0. The number of nitriles is 1. The Kier molecular flexibility index (Phi) is 6.62. The number of piperidine rings is 1. The van der Waals surface area contributed by atoms with E-state index in [1.165, 1.54) is 6.42 Å². The van der Waals surface area contributed by atoms with Crippen LogP contribution < -0.4 is 0 Å². The molecular weight excluding hydrogens is 336 g/mol. The topological polar surface area (TPSA) is 53.3 Å². The largest absolute Gasteiger partial charge is 0.385 e. The van der Waals surface area contributed by atoms with Crippen LogP contribution in [0.15, 0.2) is 48.5 Å². The Bertz CT molecular complexity index is 825. The molecule has 3 rings (SSSR count). The van der Waals surface area contributed by atoms with E-state index in [0.717, 1.165) is 50.1 Å². The summed E-state index contributed by atoms with van der Waals surface area (Å²) in [6.07, 6.45) is 4.39. The maximum Gasteiger partial charge on any atom is 0.253 e. The molecule has 140 valence electrons. The molecule has 0 aliphatic carbocycles. The summed E-state index contributed by atoms with van der Waals surface area (Å²) >= 11 is 0. The van der Waals surface area contributed by atoms with E-state index in [4.69, 9.17) is 4.74 Å². The van der Waals surface area contributed by atoms with Gasteiger partial charge in [-0.25, -0.2) is 0 Å². The molecule has 2 aromatic carbocycles. The molecule has 4 heteroatoms. The monoisotopic (exact) mass is 362 g/mol. The summed E-state index contributed by atoms with van der Waals surface area (Å²) in [5.41, 5.74) is 3.09. The quantitative estimate of drug-likeness (QED) is 0.711. The molecule has 1 aliphatic heterocycles. The van der Waals surface area contributed by atoms with E-state index in [9.17, 15) is 10.1 Å². The third-order valence-corrected chi connectivity index (χ3v) is 5.24. The van der Waals surface area contributed by atoms with Gasteiger partial charge in [-0.1, -0.05) is 30.3 Å². The van der Waals surface area contributed by atoms with Crippen molar-refractivity contribution in [2.45, 2.75) is 25.7 Å². The molecule has 2 aromatic rings. The molecule has 4 nitrogen and oxygen atoms in total. The van der Waals surface area contributed by atoms with E-state index in [1.807, 2.05) is 47.4 Å². The lowest BCUT2D eigenvalue weighted by Crippen LogP contribution is -2.40. The molecular formula is C23H26N2O2. The molecule has 0 bridgehead atoms. The first-order valence-corrected chi connectivity index (χ1v) is 9.60. The van der Waals surface area contributed by atoms with Gasteiger partial charge in [0.1, 0.15) is 0 Å². The van der Waals surface area contributed by atoms with Crippen LogP contribution in [0.4, 0.5) is 0 Å². The van der Waals surface area contributed by atoms with Crippen LogP contribution in [0.25, 0.3) is 11.1 Å². The van der Waals surface area contributed by atoms with Crippen molar-refractivity contribution >= 4 is 5.91 Å². The van der Waals surface area contributed by atoms with E-state index in [0.29, 0.717) is 17.0 Å². The third-order valence-electron chi connectivity index (χ3n) is 5.24. The highest BCUT2D eigenvalue weighted by Crippen LogP contribution is 2.26. The average Bonchev–Trinajstić information content (AvgIpc) is 2.73. The minimum atomic E-state index is 0.0859. The fourth-order valence-corrected chi connectivity index (χ4v) is 3.84. The molecule has 0 radical (unpaired) electrons. The van der Waals surface area contributed by atoms with E-state index in [-0.39, 0.29) is 5.91 Å². The fourth-order valence-electron chi connectivity index (χ4n) is 3.84.